The van der Waals surface area contributed by atoms with Gasteiger partial charge in [-0.05, 0) is 54.1 Å². The highest BCUT2D eigenvalue weighted by molar-refractivity contribution is 7.89. The third kappa shape index (κ3) is 4.89. The van der Waals surface area contributed by atoms with Gasteiger partial charge in [0.2, 0.25) is 0 Å². The second-order valence-electron chi connectivity index (χ2n) is 6.51. The molecule has 0 fully saturated rings. The van der Waals surface area contributed by atoms with Gasteiger partial charge in [0.05, 0.1) is 4.90 Å². The first-order valence-corrected chi connectivity index (χ1v) is 10.4. The zero-order valence-electron chi connectivity index (χ0n) is 16.3. The molecule has 0 atom stereocenters. The van der Waals surface area contributed by atoms with Crippen LogP contribution >= 0.6 is 0 Å². The first kappa shape index (κ1) is 20.3. The van der Waals surface area contributed by atoms with Crippen LogP contribution in [0.5, 0.6) is 11.5 Å². The minimum atomic E-state index is -3.65. The summed E-state index contributed by atoms with van der Waals surface area (Å²) in [5.41, 5.74) is 2.01. The quantitative estimate of drug-likeness (QED) is 0.433. The smallest absolute Gasteiger partial charge is 0.270 e. The van der Waals surface area contributed by atoms with E-state index in [4.69, 9.17) is 11.2 Å². The Bertz CT molecular complexity index is 1090. The summed E-state index contributed by atoms with van der Waals surface area (Å²) in [6.45, 7) is 0.629. The Balaban J connectivity index is 1.66. The van der Waals surface area contributed by atoms with Gasteiger partial charge >= 0.3 is 0 Å². The van der Waals surface area contributed by atoms with Crippen LogP contribution < -0.4 is 9.64 Å². The molecule has 148 valence electrons. The average Bonchev–Trinajstić information content (AvgIpc) is 2.74. The summed E-state index contributed by atoms with van der Waals surface area (Å²) < 4.78 is 31.2. The Hall–Kier alpha value is -3.43. The van der Waals surface area contributed by atoms with E-state index in [1.165, 1.54) is 7.05 Å². The molecule has 6 heteroatoms. The van der Waals surface area contributed by atoms with Gasteiger partial charge in [-0.3, -0.25) is 0 Å². The summed E-state index contributed by atoms with van der Waals surface area (Å²) >= 11 is 0. The molecule has 29 heavy (non-hydrogen) atoms. The number of nitrogens with zero attached hydrogens (tertiary/aromatic N) is 2. The second kappa shape index (κ2) is 8.72. The zero-order valence-corrected chi connectivity index (χ0v) is 17.1. The topological polar surface area (TPSA) is 49.9 Å². The highest BCUT2D eigenvalue weighted by Gasteiger charge is 2.18. The number of ether oxygens (including phenoxy) is 1. The second-order valence-corrected chi connectivity index (χ2v) is 8.48. The van der Waals surface area contributed by atoms with Gasteiger partial charge in [0.1, 0.15) is 11.5 Å². The van der Waals surface area contributed by atoms with E-state index in [0.29, 0.717) is 6.54 Å². The van der Waals surface area contributed by atoms with Gasteiger partial charge in [-0.2, -0.15) is 0 Å². The van der Waals surface area contributed by atoms with E-state index in [2.05, 4.69) is 10.9 Å². The molecule has 3 rings (SSSR count). The summed E-state index contributed by atoms with van der Waals surface area (Å²) in [7, 11) is -0.322. The predicted molar refractivity (Wildman–Crippen MR) is 115 cm³/mol. The molecule has 3 aromatic carbocycles. The van der Waals surface area contributed by atoms with Crippen molar-refractivity contribution in [3.05, 3.63) is 84.4 Å². The van der Waals surface area contributed by atoms with Crippen LogP contribution in [0.25, 0.3) is 0 Å². The summed E-state index contributed by atoms with van der Waals surface area (Å²) in [6.07, 6.45) is 5.19. The number of hydrogen-bond acceptors (Lipinski definition) is 4. The van der Waals surface area contributed by atoms with E-state index in [0.717, 1.165) is 27.1 Å². The third-order valence-electron chi connectivity index (χ3n) is 4.44. The minimum Gasteiger partial charge on any atom is -0.457 e. The molecule has 0 aliphatic rings. The molecule has 0 heterocycles. The lowest BCUT2D eigenvalue weighted by Gasteiger charge is -2.20. The Kier molecular flexibility index (Phi) is 6.10. The Labute approximate surface area is 172 Å². The lowest BCUT2D eigenvalue weighted by atomic mass is 10.2. The van der Waals surface area contributed by atoms with Crippen molar-refractivity contribution in [2.75, 3.05) is 19.0 Å². The molecule has 0 saturated heterocycles. The summed E-state index contributed by atoms with van der Waals surface area (Å²) in [6, 6.07) is 26.3. The molecule has 0 amide bonds. The normalized spacial score (nSPS) is 10.8. The molecule has 0 N–H and O–H groups in total. The van der Waals surface area contributed by atoms with E-state index in [1.54, 1.807) is 24.3 Å². The first-order valence-electron chi connectivity index (χ1n) is 8.98. The van der Waals surface area contributed by atoms with Crippen molar-refractivity contribution in [1.82, 2.24) is 4.31 Å². The van der Waals surface area contributed by atoms with Crippen molar-refractivity contribution in [3.63, 3.8) is 0 Å². The van der Waals surface area contributed by atoms with E-state index >= 15 is 0 Å². The number of terminal acetylenes is 1. The Morgan fingerprint density at radius 1 is 0.862 bits per heavy atom. The molecule has 0 radical (unpaired) electrons. The fourth-order valence-electron chi connectivity index (χ4n) is 2.75. The fraction of sp³-hybridized carbons (Fsp3) is 0.130. The van der Waals surface area contributed by atoms with Gasteiger partial charge in [0, 0.05) is 32.4 Å². The largest absolute Gasteiger partial charge is 0.457 e. The lowest BCUT2D eigenvalue weighted by molar-refractivity contribution is 0.482. The van der Waals surface area contributed by atoms with E-state index < -0.39 is 10.0 Å². The van der Waals surface area contributed by atoms with Gasteiger partial charge in [-0.25, -0.2) is 12.7 Å². The number of sulfonamides is 1. The monoisotopic (exact) mass is 406 g/mol. The molecule has 3 aromatic rings. The highest BCUT2D eigenvalue weighted by Crippen LogP contribution is 2.25. The summed E-state index contributed by atoms with van der Waals surface area (Å²) in [5.74, 6) is 1.56. The SMILES string of the molecule is C#CN(C)S(=O)(=O)c1ccc(CN(C)c2ccc(Oc3ccccc3)cc2)cc1. The number of benzene rings is 3. The molecular formula is C23H22N2O3S. The van der Waals surface area contributed by atoms with Crippen LogP contribution in [0.3, 0.4) is 0 Å². The predicted octanol–water partition coefficient (Wildman–Crippen LogP) is 4.33. The first-order chi connectivity index (χ1) is 13.9. The maximum Gasteiger partial charge on any atom is 0.270 e. The summed E-state index contributed by atoms with van der Waals surface area (Å²) in [4.78, 5) is 2.25. The van der Waals surface area contributed by atoms with Gasteiger partial charge in [0.15, 0.2) is 0 Å². The van der Waals surface area contributed by atoms with Crippen molar-refractivity contribution in [2.24, 2.45) is 0 Å². The highest BCUT2D eigenvalue weighted by atomic mass is 32.2. The number of hydrogen-bond donors (Lipinski definition) is 0. The van der Waals surface area contributed by atoms with Gasteiger partial charge in [0.25, 0.3) is 10.0 Å². The fourth-order valence-corrected chi connectivity index (χ4v) is 3.69. The van der Waals surface area contributed by atoms with Crippen LogP contribution in [0, 0.1) is 12.5 Å². The maximum absolute atomic E-state index is 12.2. The van der Waals surface area contributed by atoms with Crippen molar-refractivity contribution >= 4 is 15.7 Å². The van der Waals surface area contributed by atoms with E-state index in [9.17, 15) is 8.42 Å². The maximum atomic E-state index is 12.2. The average molecular weight is 407 g/mol. The number of anilines is 1. The summed E-state index contributed by atoms with van der Waals surface area (Å²) in [5, 5.41) is 0. The molecule has 0 aliphatic carbocycles. The molecule has 5 nitrogen and oxygen atoms in total. The van der Waals surface area contributed by atoms with Gasteiger partial charge in [-0.1, -0.05) is 36.8 Å². The van der Waals surface area contributed by atoms with Crippen LogP contribution in [0.1, 0.15) is 5.56 Å². The van der Waals surface area contributed by atoms with E-state index in [1.807, 2.05) is 61.6 Å². The lowest BCUT2D eigenvalue weighted by Crippen LogP contribution is -2.22. The van der Waals surface area contributed by atoms with Crippen molar-refractivity contribution in [3.8, 4) is 24.0 Å². The minimum absolute atomic E-state index is 0.173. The van der Waals surface area contributed by atoms with Crippen LogP contribution in [0.15, 0.2) is 83.8 Å². The zero-order chi connectivity index (χ0) is 20.9. The standard InChI is InChI=1S/C23H22N2O3S/c1-4-25(3)29(26,27)23-16-10-19(11-17-23)18-24(2)20-12-14-22(15-13-20)28-21-8-6-5-7-9-21/h1,5-17H,18H2,2-3H3. The molecule has 0 bridgehead atoms. The molecule has 0 unspecified atom stereocenters. The molecule has 0 saturated carbocycles. The number of rotatable bonds is 7. The number of para-hydroxylation sites is 1. The van der Waals surface area contributed by atoms with E-state index in [-0.39, 0.29) is 4.90 Å². The van der Waals surface area contributed by atoms with Gasteiger partial charge < -0.3 is 9.64 Å². The van der Waals surface area contributed by atoms with Crippen LogP contribution in [0.2, 0.25) is 0 Å². The third-order valence-corrected chi connectivity index (χ3v) is 6.13. The van der Waals surface area contributed by atoms with Crippen LogP contribution in [-0.4, -0.2) is 26.8 Å². The van der Waals surface area contributed by atoms with Crippen LogP contribution in [-0.2, 0) is 16.6 Å². The molecule has 0 aliphatic heterocycles. The van der Waals surface area contributed by atoms with Crippen LogP contribution in [0.4, 0.5) is 5.69 Å². The van der Waals surface area contributed by atoms with Crippen molar-refractivity contribution in [1.29, 1.82) is 0 Å². The van der Waals surface area contributed by atoms with Gasteiger partial charge in [-0.15, -0.1) is 0 Å². The molecular weight excluding hydrogens is 384 g/mol. The van der Waals surface area contributed by atoms with Crippen molar-refractivity contribution in [2.45, 2.75) is 11.4 Å². The van der Waals surface area contributed by atoms with Crippen molar-refractivity contribution < 1.29 is 13.2 Å². The Morgan fingerprint density at radius 2 is 1.45 bits per heavy atom. The Morgan fingerprint density at radius 3 is 2.03 bits per heavy atom. The molecule has 0 spiro atoms. The molecule has 0 aromatic heterocycles.